The summed E-state index contributed by atoms with van der Waals surface area (Å²) in [6.07, 6.45) is 3.36. The molecule has 1 aromatic rings. The second kappa shape index (κ2) is 6.79. The van der Waals surface area contributed by atoms with Crippen LogP contribution in [0.1, 0.15) is 37.4 Å². The monoisotopic (exact) mass is 342 g/mol. The fourth-order valence-corrected chi connectivity index (χ4v) is 4.96. The molecule has 3 aliphatic heterocycles. The van der Waals surface area contributed by atoms with E-state index in [4.69, 9.17) is 4.74 Å². The molecule has 2 bridgehead atoms. The van der Waals surface area contributed by atoms with E-state index in [0.717, 1.165) is 44.5 Å². The van der Waals surface area contributed by atoms with Crippen molar-refractivity contribution in [3.8, 4) is 0 Å². The summed E-state index contributed by atoms with van der Waals surface area (Å²) in [5, 5.41) is 0. The van der Waals surface area contributed by atoms with Gasteiger partial charge >= 0.3 is 0 Å². The Morgan fingerprint density at radius 2 is 2.00 bits per heavy atom. The summed E-state index contributed by atoms with van der Waals surface area (Å²) in [6, 6.07) is 10.0. The van der Waals surface area contributed by atoms with Gasteiger partial charge < -0.3 is 14.5 Å². The number of nitrogens with zero attached hydrogens (tertiary/aromatic N) is 2. The van der Waals surface area contributed by atoms with Gasteiger partial charge in [0.15, 0.2) is 6.10 Å². The van der Waals surface area contributed by atoms with E-state index >= 15 is 0 Å². The normalized spacial score (nSPS) is 30.0. The molecule has 0 saturated carbocycles. The number of likely N-dealkylation sites (tertiary alicyclic amines) is 1. The van der Waals surface area contributed by atoms with Crippen LogP contribution < -0.4 is 0 Å². The van der Waals surface area contributed by atoms with Crippen LogP contribution in [0.15, 0.2) is 30.3 Å². The van der Waals surface area contributed by atoms with Crippen LogP contribution >= 0.6 is 0 Å². The van der Waals surface area contributed by atoms with Crippen molar-refractivity contribution < 1.29 is 14.3 Å². The van der Waals surface area contributed by atoms with E-state index in [1.807, 2.05) is 35.2 Å². The summed E-state index contributed by atoms with van der Waals surface area (Å²) in [4.78, 5) is 29.4. The highest BCUT2D eigenvalue weighted by molar-refractivity contribution is 5.82. The molecule has 0 N–H and O–H groups in total. The first-order valence-electron chi connectivity index (χ1n) is 9.33. The Bertz CT molecular complexity index is 648. The molecule has 1 aromatic carbocycles. The van der Waals surface area contributed by atoms with Crippen LogP contribution in [-0.2, 0) is 14.3 Å². The molecule has 5 heteroatoms. The lowest BCUT2D eigenvalue weighted by Gasteiger charge is -2.52. The SMILES string of the molecule is CO[C@H](C(=O)N1C[C@@H]2C[C@H](C1)[C@@H]1CCCC(=O)N1C2)c1ccccc1. The predicted octanol–water partition coefficient (Wildman–Crippen LogP) is 2.23. The summed E-state index contributed by atoms with van der Waals surface area (Å²) >= 11 is 0. The Balaban J connectivity index is 1.51. The van der Waals surface area contributed by atoms with Gasteiger partial charge in [-0.3, -0.25) is 9.59 Å². The number of carbonyl (C=O) groups is 2. The van der Waals surface area contributed by atoms with E-state index < -0.39 is 6.10 Å². The topological polar surface area (TPSA) is 49.9 Å². The number of rotatable bonds is 3. The third-order valence-corrected chi connectivity index (χ3v) is 6.05. The van der Waals surface area contributed by atoms with Gasteiger partial charge in [-0.05, 0) is 36.7 Å². The molecule has 0 unspecified atom stereocenters. The Morgan fingerprint density at radius 1 is 1.20 bits per heavy atom. The van der Waals surface area contributed by atoms with Gasteiger partial charge in [0.1, 0.15) is 0 Å². The van der Waals surface area contributed by atoms with Crippen molar-refractivity contribution in [2.45, 2.75) is 37.8 Å². The van der Waals surface area contributed by atoms with E-state index in [1.165, 1.54) is 0 Å². The maximum absolute atomic E-state index is 13.1. The van der Waals surface area contributed by atoms with Crippen LogP contribution in [0.4, 0.5) is 0 Å². The van der Waals surface area contributed by atoms with Gasteiger partial charge in [-0.25, -0.2) is 0 Å². The smallest absolute Gasteiger partial charge is 0.256 e. The lowest BCUT2D eigenvalue weighted by atomic mass is 9.76. The van der Waals surface area contributed by atoms with Gasteiger partial charge in [0.05, 0.1) is 0 Å². The van der Waals surface area contributed by atoms with Crippen LogP contribution in [0.5, 0.6) is 0 Å². The lowest BCUT2D eigenvalue weighted by Crippen LogP contribution is -2.61. The summed E-state index contributed by atoms with van der Waals surface area (Å²) < 4.78 is 5.54. The number of fused-ring (bicyclic) bond motifs is 4. The molecule has 3 heterocycles. The maximum Gasteiger partial charge on any atom is 0.256 e. The van der Waals surface area contributed by atoms with E-state index in [2.05, 4.69) is 4.90 Å². The van der Waals surface area contributed by atoms with Crippen LogP contribution in [-0.4, -0.2) is 54.4 Å². The van der Waals surface area contributed by atoms with Crippen molar-refractivity contribution in [1.29, 1.82) is 0 Å². The van der Waals surface area contributed by atoms with Crippen LogP contribution in [0, 0.1) is 11.8 Å². The standard InChI is InChI=1S/C20H26N2O3/c1-25-19(15-6-3-2-4-7-15)20(24)21-11-14-10-16(13-21)17-8-5-9-18(23)22(17)12-14/h2-4,6-7,14,16-17,19H,5,8-13H2,1H3/t14-,16+,17-,19-/m0/s1. The fraction of sp³-hybridized carbons (Fsp3) is 0.600. The minimum absolute atomic E-state index is 0.0546. The van der Waals surface area contributed by atoms with E-state index in [9.17, 15) is 9.59 Å². The van der Waals surface area contributed by atoms with Gasteiger partial charge in [-0.1, -0.05) is 30.3 Å². The molecular weight excluding hydrogens is 316 g/mol. The van der Waals surface area contributed by atoms with Crippen molar-refractivity contribution in [2.24, 2.45) is 11.8 Å². The number of hydrogen-bond acceptors (Lipinski definition) is 3. The highest BCUT2D eigenvalue weighted by Crippen LogP contribution is 2.38. The largest absolute Gasteiger partial charge is 0.367 e. The number of methoxy groups -OCH3 is 1. The summed E-state index contributed by atoms with van der Waals surface area (Å²) in [7, 11) is 1.60. The lowest BCUT2D eigenvalue weighted by molar-refractivity contribution is -0.153. The van der Waals surface area contributed by atoms with Crippen molar-refractivity contribution >= 4 is 11.8 Å². The van der Waals surface area contributed by atoms with Crippen LogP contribution in [0.2, 0.25) is 0 Å². The maximum atomic E-state index is 13.1. The van der Waals surface area contributed by atoms with Crippen LogP contribution in [0.3, 0.4) is 0 Å². The molecular formula is C20H26N2O3. The second-order valence-electron chi connectivity index (χ2n) is 7.64. The quantitative estimate of drug-likeness (QED) is 0.846. The average molecular weight is 342 g/mol. The molecule has 4 atom stereocenters. The van der Waals surface area contributed by atoms with Crippen molar-refractivity contribution in [1.82, 2.24) is 9.80 Å². The zero-order chi connectivity index (χ0) is 17.4. The molecule has 0 radical (unpaired) electrons. The number of carbonyl (C=O) groups excluding carboxylic acids is 2. The van der Waals surface area contributed by atoms with Crippen molar-refractivity contribution in [3.63, 3.8) is 0 Å². The number of hydrogen-bond donors (Lipinski definition) is 0. The molecule has 0 aliphatic carbocycles. The zero-order valence-electron chi connectivity index (χ0n) is 14.8. The molecule has 4 rings (SSSR count). The third kappa shape index (κ3) is 3.06. The van der Waals surface area contributed by atoms with Crippen molar-refractivity contribution in [2.75, 3.05) is 26.7 Å². The molecule has 3 saturated heterocycles. The number of piperidine rings is 3. The molecule has 2 amide bonds. The first-order valence-corrected chi connectivity index (χ1v) is 9.33. The van der Waals surface area contributed by atoms with E-state index in [1.54, 1.807) is 7.11 Å². The highest BCUT2D eigenvalue weighted by Gasteiger charge is 2.45. The Hall–Kier alpha value is -1.88. The third-order valence-electron chi connectivity index (χ3n) is 6.05. The first kappa shape index (κ1) is 16.6. The highest BCUT2D eigenvalue weighted by atomic mass is 16.5. The summed E-state index contributed by atoms with van der Waals surface area (Å²) in [5.41, 5.74) is 0.903. The van der Waals surface area contributed by atoms with Gasteiger partial charge in [0.2, 0.25) is 5.91 Å². The van der Waals surface area contributed by atoms with E-state index in [0.29, 0.717) is 30.2 Å². The summed E-state index contributed by atoms with van der Waals surface area (Å²) in [5.74, 6) is 1.17. The molecule has 3 fully saturated rings. The molecule has 3 aliphatic rings. The molecule has 5 nitrogen and oxygen atoms in total. The Morgan fingerprint density at radius 3 is 2.76 bits per heavy atom. The first-order chi connectivity index (χ1) is 12.2. The zero-order valence-corrected chi connectivity index (χ0v) is 14.8. The van der Waals surface area contributed by atoms with Crippen molar-refractivity contribution in [3.05, 3.63) is 35.9 Å². The molecule has 25 heavy (non-hydrogen) atoms. The van der Waals surface area contributed by atoms with Crippen LogP contribution in [0.25, 0.3) is 0 Å². The minimum Gasteiger partial charge on any atom is -0.367 e. The fourth-order valence-electron chi connectivity index (χ4n) is 4.96. The summed E-state index contributed by atoms with van der Waals surface area (Å²) in [6.45, 7) is 2.29. The van der Waals surface area contributed by atoms with Gasteiger partial charge in [-0.2, -0.15) is 0 Å². The molecule has 0 aromatic heterocycles. The number of amides is 2. The molecule has 134 valence electrons. The van der Waals surface area contributed by atoms with Gasteiger partial charge in [0, 0.05) is 39.2 Å². The van der Waals surface area contributed by atoms with Gasteiger partial charge in [0.25, 0.3) is 5.91 Å². The van der Waals surface area contributed by atoms with Gasteiger partial charge in [-0.15, -0.1) is 0 Å². The second-order valence-corrected chi connectivity index (χ2v) is 7.64. The number of benzene rings is 1. The predicted molar refractivity (Wildman–Crippen MR) is 93.7 cm³/mol. The Labute approximate surface area is 148 Å². The average Bonchev–Trinajstić information content (AvgIpc) is 2.64. The Kier molecular flexibility index (Phi) is 4.50. The minimum atomic E-state index is -0.538. The number of ether oxygens (including phenoxy) is 1. The van der Waals surface area contributed by atoms with E-state index in [-0.39, 0.29) is 5.91 Å². The molecule has 0 spiro atoms.